The van der Waals surface area contributed by atoms with Crippen LogP contribution in [0.25, 0.3) is 0 Å². The topological polar surface area (TPSA) is 81.6 Å². The van der Waals surface area contributed by atoms with E-state index >= 15 is 0 Å². The molecule has 11 heteroatoms. The molecule has 0 aromatic heterocycles. The number of nitrogens with zero attached hydrogens (tertiary/aromatic N) is 2. The maximum absolute atomic E-state index is 14.3. The number of hydrogen-bond acceptors (Lipinski definition) is 5. The van der Waals surface area contributed by atoms with Gasteiger partial charge in [-0.2, -0.15) is 17.6 Å². The van der Waals surface area contributed by atoms with Crippen LogP contribution >= 0.6 is 0 Å². The summed E-state index contributed by atoms with van der Waals surface area (Å²) in [6.07, 6.45) is -8.03. The van der Waals surface area contributed by atoms with Crippen LogP contribution in [0.5, 0.6) is 0 Å². The smallest absolute Gasteiger partial charge is 0.271 e. The first-order chi connectivity index (χ1) is 10.5. The van der Waals surface area contributed by atoms with Crippen molar-refractivity contribution < 1.29 is 31.7 Å². The summed E-state index contributed by atoms with van der Waals surface area (Å²) in [6, 6.07) is 1.25. The molecule has 6 nitrogen and oxygen atoms in total. The lowest BCUT2D eigenvalue weighted by Crippen LogP contribution is -2.56. The molecule has 0 saturated carbocycles. The first-order valence-electron chi connectivity index (χ1n) is 6.34. The van der Waals surface area contributed by atoms with Crippen molar-refractivity contribution in [3.8, 4) is 0 Å². The Morgan fingerprint density at radius 1 is 1.43 bits per heavy atom. The van der Waals surface area contributed by atoms with Gasteiger partial charge < -0.3 is 0 Å². The fourth-order valence-electron chi connectivity index (χ4n) is 2.65. The van der Waals surface area contributed by atoms with Crippen molar-refractivity contribution in [3.05, 3.63) is 39.4 Å². The first kappa shape index (κ1) is 17.5. The standard InChI is InChI=1S/C12H12F5N3O3/c1-11(4-8(12(15,16)17)23-19(18)5-11)9-6(13)2-3-7(10(9)14)20(21)22/h2-3,8H,4-5,18H2,1H3/t8-,11+/m0/s1. The van der Waals surface area contributed by atoms with Crippen molar-refractivity contribution in [1.29, 1.82) is 0 Å². The molecule has 1 fully saturated rings. The van der Waals surface area contributed by atoms with E-state index in [0.717, 1.165) is 6.92 Å². The van der Waals surface area contributed by atoms with E-state index in [1.165, 1.54) is 0 Å². The highest BCUT2D eigenvalue weighted by molar-refractivity contribution is 5.42. The van der Waals surface area contributed by atoms with E-state index in [9.17, 15) is 32.1 Å². The average Bonchev–Trinajstić information content (AvgIpc) is 2.35. The van der Waals surface area contributed by atoms with Crippen molar-refractivity contribution in [2.24, 2.45) is 5.84 Å². The third kappa shape index (κ3) is 3.26. The summed E-state index contributed by atoms with van der Waals surface area (Å²) >= 11 is 0. The number of benzene rings is 1. The van der Waals surface area contributed by atoms with Crippen LogP contribution in [0.4, 0.5) is 27.6 Å². The van der Waals surface area contributed by atoms with Gasteiger partial charge in [0.25, 0.3) is 0 Å². The fraction of sp³-hybridized carbons (Fsp3) is 0.500. The highest BCUT2D eigenvalue weighted by Gasteiger charge is 2.52. The van der Waals surface area contributed by atoms with Gasteiger partial charge in [0.2, 0.25) is 5.82 Å². The van der Waals surface area contributed by atoms with Crippen LogP contribution in [0.1, 0.15) is 18.9 Å². The zero-order valence-corrected chi connectivity index (χ0v) is 11.7. The van der Waals surface area contributed by atoms with Crippen LogP contribution in [-0.4, -0.2) is 28.9 Å². The third-order valence-electron chi connectivity index (χ3n) is 3.64. The molecule has 1 aliphatic rings. The summed E-state index contributed by atoms with van der Waals surface area (Å²) in [7, 11) is 0. The number of halogens is 5. The fourth-order valence-corrected chi connectivity index (χ4v) is 2.65. The predicted octanol–water partition coefficient (Wildman–Crippen LogP) is 2.57. The number of nitro groups is 1. The quantitative estimate of drug-likeness (QED) is 0.387. The third-order valence-corrected chi connectivity index (χ3v) is 3.64. The van der Waals surface area contributed by atoms with Gasteiger partial charge in [0.05, 0.1) is 4.92 Å². The van der Waals surface area contributed by atoms with E-state index in [4.69, 9.17) is 5.84 Å². The van der Waals surface area contributed by atoms with Crippen LogP contribution in [-0.2, 0) is 10.3 Å². The van der Waals surface area contributed by atoms with Gasteiger partial charge in [-0.15, -0.1) is 5.17 Å². The highest BCUT2D eigenvalue weighted by atomic mass is 19.4. The number of nitro benzene ring substituents is 1. The summed E-state index contributed by atoms with van der Waals surface area (Å²) in [6.45, 7) is 0.661. The summed E-state index contributed by atoms with van der Waals surface area (Å²) in [5.74, 6) is 2.56. The number of rotatable bonds is 2. The number of alkyl halides is 3. The minimum absolute atomic E-state index is 0.333. The van der Waals surface area contributed by atoms with Crippen LogP contribution in [0.2, 0.25) is 0 Å². The molecule has 2 rings (SSSR count). The van der Waals surface area contributed by atoms with Crippen LogP contribution in [0.15, 0.2) is 12.1 Å². The van der Waals surface area contributed by atoms with Crippen molar-refractivity contribution in [1.82, 2.24) is 5.17 Å². The normalized spacial score (nSPS) is 26.3. The molecule has 2 atom stereocenters. The van der Waals surface area contributed by atoms with Crippen molar-refractivity contribution in [2.45, 2.75) is 31.0 Å². The summed E-state index contributed by atoms with van der Waals surface area (Å²) < 4.78 is 67.0. The van der Waals surface area contributed by atoms with Gasteiger partial charge in [0, 0.05) is 23.6 Å². The number of hydroxylamine groups is 1. The molecule has 1 aromatic carbocycles. The van der Waals surface area contributed by atoms with E-state index < -0.39 is 58.5 Å². The molecule has 1 aromatic rings. The lowest BCUT2D eigenvalue weighted by molar-refractivity contribution is -0.387. The molecule has 0 radical (unpaired) electrons. The Kier molecular flexibility index (Phi) is 4.30. The maximum atomic E-state index is 14.3. The molecule has 2 N–H and O–H groups in total. The van der Waals surface area contributed by atoms with Gasteiger partial charge in [0.1, 0.15) is 5.82 Å². The second-order valence-electron chi connectivity index (χ2n) is 5.49. The lowest BCUT2D eigenvalue weighted by Gasteiger charge is -2.42. The molecule has 23 heavy (non-hydrogen) atoms. The van der Waals surface area contributed by atoms with Crippen LogP contribution < -0.4 is 5.84 Å². The van der Waals surface area contributed by atoms with E-state index in [2.05, 4.69) is 4.84 Å². The molecule has 1 saturated heterocycles. The van der Waals surface area contributed by atoms with Gasteiger partial charge >= 0.3 is 11.9 Å². The number of hydrazine groups is 1. The Labute approximate surface area is 126 Å². The molecule has 0 unspecified atom stereocenters. The first-order valence-corrected chi connectivity index (χ1v) is 6.34. The molecule has 128 valence electrons. The van der Waals surface area contributed by atoms with E-state index in [1.807, 2.05) is 0 Å². The van der Waals surface area contributed by atoms with E-state index in [1.54, 1.807) is 0 Å². The predicted molar refractivity (Wildman–Crippen MR) is 66.8 cm³/mol. The molecule has 1 aliphatic heterocycles. The van der Waals surface area contributed by atoms with Gasteiger partial charge in [0.15, 0.2) is 6.10 Å². The highest BCUT2D eigenvalue weighted by Crippen LogP contribution is 2.42. The monoisotopic (exact) mass is 341 g/mol. The maximum Gasteiger partial charge on any atom is 0.416 e. The summed E-state index contributed by atoms with van der Waals surface area (Å²) in [5, 5.41) is 11.1. The van der Waals surface area contributed by atoms with Crippen molar-refractivity contribution >= 4 is 5.69 Å². The van der Waals surface area contributed by atoms with Gasteiger partial charge in [-0.05, 0) is 12.5 Å². The second kappa shape index (κ2) is 5.65. The SMILES string of the molecule is C[C@@]1(c2c(F)ccc([N+](=O)[O-])c2F)C[C@@H](C(F)(F)F)ON(N)C1. The van der Waals surface area contributed by atoms with Crippen molar-refractivity contribution in [2.75, 3.05) is 6.54 Å². The Bertz CT molecular complexity index is 639. The second-order valence-corrected chi connectivity index (χ2v) is 5.49. The van der Waals surface area contributed by atoms with E-state index in [0.29, 0.717) is 17.3 Å². The minimum Gasteiger partial charge on any atom is -0.271 e. The van der Waals surface area contributed by atoms with Crippen LogP contribution in [0, 0.1) is 21.7 Å². The Balaban J connectivity index is 2.55. The Morgan fingerprint density at radius 3 is 2.57 bits per heavy atom. The summed E-state index contributed by atoms with van der Waals surface area (Å²) in [4.78, 5) is 14.1. The zero-order valence-electron chi connectivity index (χ0n) is 11.7. The molecule has 1 heterocycles. The molecule has 0 spiro atoms. The molecular formula is C12H12F5N3O3. The summed E-state index contributed by atoms with van der Waals surface area (Å²) in [5.41, 5.74) is -3.62. The van der Waals surface area contributed by atoms with Crippen molar-refractivity contribution in [3.63, 3.8) is 0 Å². The van der Waals surface area contributed by atoms with Gasteiger partial charge in [-0.25, -0.2) is 10.2 Å². The lowest BCUT2D eigenvalue weighted by atomic mass is 9.76. The van der Waals surface area contributed by atoms with Gasteiger partial charge in [-0.3, -0.25) is 15.0 Å². The number of hydrogen-bond donors (Lipinski definition) is 1. The Morgan fingerprint density at radius 2 is 2.04 bits per heavy atom. The molecule has 0 amide bonds. The zero-order chi connectivity index (χ0) is 17.6. The molecule has 0 aliphatic carbocycles. The van der Waals surface area contributed by atoms with Gasteiger partial charge in [-0.1, -0.05) is 6.92 Å². The number of nitrogens with two attached hydrogens (primary N) is 1. The molecule has 0 bridgehead atoms. The van der Waals surface area contributed by atoms with E-state index in [-0.39, 0.29) is 0 Å². The minimum atomic E-state index is -4.81. The largest absolute Gasteiger partial charge is 0.416 e. The molecular weight excluding hydrogens is 329 g/mol. The van der Waals surface area contributed by atoms with Crippen LogP contribution in [0.3, 0.4) is 0 Å². The Hall–Kier alpha value is -1.85. The average molecular weight is 341 g/mol.